The van der Waals surface area contributed by atoms with E-state index >= 15 is 0 Å². The molecule has 2 rings (SSSR count). The Morgan fingerprint density at radius 2 is 2.11 bits per heavy atom. The molecule has 5 heteroatoms. The van der Waals surface area contributed by atoms with Gasteiger partial charge >= 0.3 is 5.97 Å². The fourth-order valence-electron chi connectivity index (χ4n) is 2.80. The van der Waals surface area contributed by atoms with E-state index in [2.05, 4.69) is 0 Å². The zero-order chi connectivity index (χ0) is 13.1. The van der Waals surface area contributed by atoms with Crippen molar-refractivity contribution in [2.75, 3.05) is 20.3 Å². The quantitative estimate of drug-likeness (QED) is 0.690. The Morgan fingerprint density at radius 3 is 2.72 bits per heavy atom. The van der Waals surface area contributed by atoms with E-state index in [0.29, 0.717) is 19.6 Å². The van der Waals surface area contributed by atoms with Crippen LogP contribution < -0.4 is 0 Å². The van der Waals surface area contributed by atoms with E-state index in [0.717, 1.165) is 19.3 Å². The maximum absolute atomic E-state index is 12.4. The second kappa shape index (κ2) is 5.69. The summed E-state index contributed by atoms with van der Waals surface area (Å²) in [6, 6.07) is -0.396. The van der Waals surface area contributed by atoms with Crippen LogP contribution in [0.25, 0.3) is 0 Å². The lowest BCUT2D eigenvalue weighted by Crippen LogP contribution is -2.50. The molecule has 2 unspecified atom stereocenters. The SMILES string of the molecule is COC(=O)[C@H]1CCCCN1C(=O)C1COC(C)C1. The molecule has 2 heterocycles. The third kappa shape index (κ3) is 2.66. The molecule has 0 aliphatic carbocycles. The van der Waals surface area contributed by atoms with E-state index in [1.54, 1.807) is 4.90 Å². The maximum Gasteiger partial charge on any atom is 0.328 e. The summed E-state index contributed by atoms with van der Waals surface area (Å²) in [7, 11) is 1.38. The van der Waals surface area contributed by atoms with Crippen molar-refractivity contribution in [3.05, 3.63) is 0 Å². The van der Waals surface area contributed by atoms with Crippen molar-refractivity contribution in [1.82, 2.24) is 4.90 Å². The van der Waals surface area contributed by atoms with Gasteiger partial charge in [-0.2, -0.15) is 0 Å². The van der Waals surface area contributed by atoms with Crippen molar-refractivity contribution in [3.8, 4) is 0 Å². The molecule has 2 saturated heterocycles. The minimum atomic E-state index is -0.396. The summed E-state index contributed by atoms with van der Waals surface area (Å²) in [5.41, 5.74) is 0. The van der Waals surface area contributed by atoms with Gasteiger partial charge in [0.15, 0.2) is 0 Å². The number of carbonyl (C=O) groups excluding carboxylic acids is 2. The number of piperidine rings is 1. The topological polar surface area (TPSA) is 55.8 Å². The number of nitrogens with zero attached hydrogens (tertiary/aromatic N) is 1. The molecule has 5 nitrogen and oxygen atoms in total. The van der Waals surface area contributed by atoms with Gasteiger partial charge < -0.3 is 14.4 Å². The van der Waals surface area contributed by atoms with E-state index in [-0.39, 0.29) is 23.9 Å². The van der Waals surface area contributed by atoms with Crippen LogP contribution in [0.2, 0.25) is 0 Å². The highest BCUT2D eigenvalue weighted by Gasteiger charge is 2.38. The number of amides is 1. The van der Waals surface area contributed by atoms with Crippen LogP contribution in [0.4, 0.5) is 0 Å². The van der Waals surface area contributed by atoms with E-state index in [1.807, 2.05) is 6.92 Å². The van der Waals surface area contributed by atoms with Crippen molar-refractivity contribution < 1.29 is 19.1 Å². The molecule has 0 aromatic heterocycles. The Morgan fingerprint density at radius 1 is 1.33 bits per heavy atom. The molecule has 0 aromatic carbocycles. The molecule has 2 fully saturated rings. The largest absolute Gasteiger partial charge is 0.467 e. The number of hydrogen-bond acceptors (Lipinski definition) is 4. The predicted octanol–water partition coefficient (Wildman–Crippen LogP) is 0.965. The van der Waals surface area contributed by atoms with Gasteiger partial charge in [-0.3, -0.25) is 4.79 Å². The molecule has 0 saturated carbocycles. The fraction of sp³-hybridized carbons (Fsp3) is 0.846. The van der Waals surface area contributed by atoms with E-state index < -0.39 is 6.04 Å². The highest BCUT2D eigenvalue weighted by Crippen LogP contribution is 2.26. The van der Waals surface area contributed by atoms with Crippen LogP contribution >= 0.6 is 0 Å². The van der Waals surface area contributed by atoms with Crippen molar-refractivity contribution in [2.24, 2.45) is 5.92 Å². The molecule has 102 valence electrons. The minimum absolute atomic E-state index is 0.0504. The van der Waals surface area contributed by atoms with Crippen molar-refractivity contribution >= 4 is 11.9 Å². The molecule has 0 N–H and O–H groups in total. The normalized spacial score (nSPS) is 32.3. The Kier molecular flexibility index (Phi) is 4.22. The van der Waals surface area contributed by atoms with Crippen LogP contribution in [0.1, 0.15) is 32.6 Å². The molecule has 0 aromatic rings. The van der Waals surface area contributed by atoms with Gasteiger partial charge in [0.05, 0.1) is 25.7 Å². The van der Waals surface area contributed by atoms with Gasteiger partial charge in [0.1, 0.15) is 6.04 Å². The lowest BCUT2D eigenvalue weighted by molar-refractivity contribution is -0.156. The minimum Gasteiger partial charge on any atom is -0.467 e. The average molecular weight is 255 g/mol. The van der Waals surface area contributed by atoms with Gasteiger partial charge in [-0.05, 0) is 32.6 Å². The Bertz CT molecular complexity index is 331. The Balaban J connectivity index is 2.04. The summed E-state index contributed by atoms with van der Waals surface area (Å²) in [5, 5.41) is 0. The number of ether oxygens (including phenoxy) is 2. The molecule has 1 amide bonds. The average Bonchev–Trinajstić information content (AvgIpc) is 2.83. The third-order valence-electron chi connectivity index (χ3n) is 3.81. The molecule has 0 spiro atoms. The maximum atomic E-state index is 12.4. The lowest BCUT2D eigenvalue weighted by atomic mass is 9.98. The highest BCUT2D eigenvalue weighted by atomic mass is 16.5. The van der Waals surface area contributed by atoms with Gasteiger partial charge in [-0.1, -0.05) is 0 Å². The summed E-state index contributed by atoms with van der Waals surface area (Å²) in [4.78, 5) is 25.8. The monoisotopic (exact) mass is 255 g/mol. The third-order valence-corrected chi connectivity index (χ3v) is 3.81. The van der Waals surface area contributed by atoms with Gasteiger partial charge in [0.2, 0.25) is 5.91 Å². The van der Waals surface area contributed by atoms with Crippen LogP contribution in [-0.2, 0) is 19.1 Å². The first kappa shape index (κ1) is 13.3. The van der Waals surface area contributed by atoms with Crippen LogP contribution in [0.5, 0.6) is 0 Å². The zero-order valence-electron chi connectivity index (χ0n) is 11.1. The number of hydrogen-bond donors (Lipinski definition) is 0. The van der Waals surface area contributed by atoms with Crippen LogP contribution in [0.3, 0.4) is 0 Å². The van der Waals surface area contributed by atoms with Gasteiger partial charge in [-0.25, -0.2) is 4.79 Å². The molecule has 3 atom stereocenters. The van der Waals surface area contributed by atoms with E-state index in [9.17, 15) is 9.59 Å². The first-order valence-corrected chi connectivity index (χ1v) is 6.63. The summed E-state index contributed by atoms with van der Waals surface area (Å²) < 4.78 is 10.2. The van der Waals surface area contributed by atoms with E-state index in [1.165, 1.54) is 7.11 Å². The standard InChI is InChI=1S/C13H21NO4/c1-9-7-10(8-18-9)12(15)14-6-4-3-5-11(14)13(16)17-2/h9-11H,3-8H2,1-2H3/t9?,10?,11-/m1/s1. The van der Waals surface area contributed by atoms with Crippen molar-refractivity contribution in [1.29, 1.82) is 0 Å². The summed E-state index contributed by atoms with van der Waals surface area (Å²) in [6.07, 6.45) is 3.54. The van der Waals surface area contributed by atoms with Crippen LogP contribution in [0.15, 0.2) is 0 Å². The second-order valence-corrected chi connectivity index (χ2v) is 5.14. The first-order valence-electron chi connectivity index (χ1n) is 6.63. The smallest absolute Gasteiger partial charge is 0.328 e. The number of methoxy groups -OCH3 is 1. The number of esters is 1. The fourth-order valence-corrected chi connectivity index (χ4v) is 2.80. The van der Waals surface area contributed by atoms with Crippen LogP contribution in [0, 0.1) is 5.92 Å². The summed E-state index contributed by atoms with van der Waals surface area (Å²) in [5.74, 6) is -0.338. The van der Waals surface area contributed by atoms with Crippen molar-refractivity contribution in [3.63, 3.8) is 0 Å². The lowest BCUT2D eigenvalue weighted by Gasteiger charge is -2.35. The molecule has 2 aliphatic heterocycles. The predicted molar refractivity (Wildman–Crippen MR) is 64.9 cm³/mol. The van der Waals surface area contributed by atoms with E-state index in [4.69, 9.17) is 9.47 Å². The molecule has 2 aliphatic rings. The number of rotatable bonds is 2. The Hall–Kier alpha value is -1.10. The summed E-state index contributed by atoms with van der Waals surface area (Å²) >= 11 is 0. The molecular formula is C13H21NO4. The van der Waals surface area contributed by atoms with Gasteiger partial charge in [0.25, 0.3) is 0 Å². The first-order chi connectivity index (χ1) is 8.63. The van der Waals surface area contributed by atoms with Crippen molar-refractivity contribution in [2.45, 2.75) is 44.8 Å². The second-order valence-electron chi connectivity index (χ2n) is 5.14. The van der Waals surface area contributed by atoms with Gasteiger partial charge in [-0.15, -0.1) is 0 Å². The van der Waals surface area contributed by atoms with Gasteiger partial charge in [0, 0.05) is 6.54 Å². The molecule has 18 heavy (non-hydrogen) atoms. The Labute approximate surface area is 107 Å². The number of likely N-dealkylation sites (tertiary alicyclic amines) is 1. The molecule has 0 radical (unpaired) electrons. The summed E-state index contributed by atoms with van der Waals surface area (Å²) in [6.45, 7) is 3.11. The van der Waals surface area contributed by atoms with Crippen LogP contribution in [-0.4, -0.2) is 49.2 Å². The zero-order valence-corrected chi connectivity index (χ0v) is 11.1. The number of carbonyl (C=O) groups is 2. The highest BCUT2D eigenvalue weighted by molar-refractivity contribution is 5.86. The molecule has 0 bridgehead atoms. The molecular weight excluding hydrogens is 234 g/mol.